The topological polar surface area (TPSA) is 44.1 Å². The smallest absolute Gasteiger partial charge is 0.243 e. The predicted octanol–water partition coefficient (Wildman–Crippen LogP) is 2.33. The van der Waals surface area contributed by atoms with Gasteiger partial charge in [-0.05, 0) is 38.5 Å². The van der Waals surface area contributed by atoms with E-state index in [0.717, 1.165) is 25.7 Å². The van der Waals surface area contributed by atoms with Gasteiger partial charge in [-0.3, -0.25) is 4.79 Å². The van der Waals surface area contributed by atoms with Crippen molar-refractivity contribution in [3.63, 3.8) is 0 Å². The summed E-state index contributed by atoms with van der Waals surface area (Å²) in [6.45, 7) is 2.11. The summed E-state index contributed by atoms with van der Waals surface area (Å²) in [7, 11) is 1.86. The molecule has 88 valence electrons. The first-order valence-electron chi connectivity index (χ1n) is 6.29. The van der Waals surface area contributed by atoms with Crippen molar-refractivity contribution >= 4 is 5.91 Å². The van der Waals surface area contributed by atoms with Crippen molar-refractivity contribution in [1.82, 2.24) is 4.90 Å². The van der Waals surface area contributed by atoms with Crippen molar-refractivity contribution in [2.45, 2.75) is 51.5 Å². The first-order chi connectivity index (χ1) is 7.60. The van der Waals surface area contributed by atoms with E-state index in [1.165, 1.54) is 12.8 Å². The molecule has 1 unspecified atom stereocenters. The van der Waals surface area contributed by atoms with Crippen LogP contribution in [0, 0.1) is 22.7 Å². The maximum Gasteiger partial charge on any atom is 0.243 e. The van der Waals surface area contributed by atoms with Gasteiger partial charge in [0.25, 0.3) is 0 Å². The van der Waals surface area contributed by atoms with Gasteiger partial charge in [0.2, 0.25) is 5.91 Å². The maximum atomic E-state index is 12.4. The van der Waals surface area contributed by atoms with E-state index < -0.39 is 5.41 Å². The second kappa shape index (κ2) is 4.08. The molecule has 0 heterocycles. The van der Waals surface area contributed by atoms with Crippen molar-refractivity contribution in [3.8, 4) is 6.07 Å². The second-order valence-electron chi connectivity index (χ2n) is 5.40. The lowest BCUT2D eigenvalue weighted by Gasteiger charge is -2.31. The molecule has 0 N–H and O–H groups in total. The first-order valence-corrected chi connectivity index (χ1v) is 6.29. The SMILES string of the molecule is CC(C1CC1)N(C)C(=O)C1(C#N)CCCC1. The van der Waals surface area contributed by atoms with E-state index in [-0.39, 0.29) is 5.91 Å². The van der Waals surface area contributed by atoms with Crippen molar-refractivity contribution in [2.75, 3.05) is 7.05 Å². The molecule has 1 atom stereocenters. The van der Waals surface area contributed by atoms with Crippen LogP contribution in [0.5, 0.6) is 0 Å². The molecule has 0 aromatic rings. The predicted molar refractivity (Wildman–Crippen MR) is 61.5 cm³/mol. The van der Waals surface area contributed by atoms with E-state index in [0.29, 0.717) is 12.0 Å². The fourth-order valence-corrected chi connectivity index (χ4v) is 2.77. The van der Waals surface area contributed by atoms with Crippen LogP contribution in [0.2, 0.25) is 0 Å². The van der Waals surface area contributed by atoms with E-state index in [1.807, 2.05) is 11.9 Å². The molecule has 0 aliphatic heterocycles. The summed E-state index contributed by atoms with van der Waals surface area (Å²) >= 11 is 0. The average molecular weight is 220 g/mol. The molecule has 2 aliphatic rings. The van der Waals surface area contributed by atoms with E-state index >= 15 is 0 Å². The Bertz CT molecular complexity index is 321. The van der Waals surface area contributed by atoms with E-state index in [2.05, 4.69) is 13.0 Å². The summed E-state index contributed by atoms with van der Waals surface area (Å²) in [6.07, 6.45) is 6.01. The molecule has 0 bridgehead atoms. The zero-order valence-corrected chi connectivity index (χ0v) is 10.2. The monoisotopic (exact) mass is 220 g/mol. The minimum absolute atomic E-state index is 0.0619. The van der Waals surface area contributed by atoms with Gasteiger partial charge in [-0.1, -0.05) is 12.8 Å². The van der Waals surface area contributed by atoms with Gasteiger partial charge in [0.1, 0.15) is 5.41 Å². The number of amides is 1. The molecule has 2 aliphatic carbocycles. The van der Waals surface area contributed by atoms with Gasteiger partial charge >= 0.3 is 0 Å². The second-order valence-corrected chi connectivity index (χ2v) is 5.40. The third-order valence-electron chi connectivity index (χ3n) is 4.32. The molecule has 0 radical (unpaired) electrons. The van der Waals surface area contributed by atoms with Crippen LogP contribution < -0.4 is 0 Å². The van der Waals surface area contributed by atoms with Crippen LogP contribution in [0.15, 0.2) is 0 Å². The highest BCUT2D eigenvalue weighted by molar-refractivity contribution is 5.85. The maximum absolute atomic E-state index is 12.4. The number of nitriles is 1. The molecule has 3 nitrogen and oxygen atoms in total. The van der Waals surface area contributed by atoms with Crippen LogP contribution in [0.4, 0.5) is 0 Å². The Balaban J connectivity index is 2.08. The van der Waals surface area contributed by atoms with Crippen molar-refractivity contribution in [2.24, 2.45) is 11.3 Å². The largest absolute Gasteiger partial charge is 0.341 e. The van der Waals surface area contributed by atoms with Gasteiger partial charge in [-0.2, -0.15) is 5.26 Å². The van der Waals surface area contributed by atoms with Crippen LogP contribution >= 0.6 is 0 Å². The van der Waals surface area contributed by atoms with E-state index in [1.54, 1.807) is 0 Å². The lowest BCUT2D eigenvalue weighted by Crippen LogP contribution is -2.44. The fourth-order valence-electron chi connectivity index (χ4n) is 2.77. The van der Waals surface area contributed by atoms with Gasteiger partial charge in [0.15, 0.2) is 0 Å². The Morgan fingerprint density at radius 3 is 2.44 bits per heavy atom. The lowest BCUT2D eigenvalue weighted by molar-refractivity contribution is -0.139. The van der Waals surface area contributed by atoms with Gasteiger partial charge in [0.05, 0.1) is 6.07 Å². The number of nitrogens with zero attached hydrogens (tertiary/aromatic N) is 2. The number of carbonyl (C=O) groups is 1. The molecule has 0 saturated heterocycles. The third-order valence-corrected chi connectivity index (χ3v) is 4.32. The minimum Gasteiger partial charge on any atom is -0.341 e. The van der Waals surface area contributed by atoms with Crippen LogP contribution in [-0.4, -0.2) is 23.9 Å². The van der Waals surface area contributed by atoms with E-state index in [4.69, 9.17) is 0 Å². The van der Waals surface area contributed by atoms with Crippen molar-refractivity contribution in [1.29, 1.82) is 5.26 Å². The summed E-state index contributed by atoms with van der Waals surface area (Å²) in [5.74, 6) is 0.734. The molecule has 1 amide bonds. The Morgan fingerprint density at radius 2 is 2.00 bits per heavy atom. The van der Waals surface area contributed by atoms with Crippen LogP contribution in [0.25, 0.3) is 0 Å². The van der Waals surface area contributed by atoms with E-state index in [9.17, 15) is 10.1 Å². The van der Waals surface area contributed by atoms with Crippen molar-refractivity contribution in [3.05, 3.63) is 0 Å². The Labute approximate surface area is 97.4 Å². The normalized spacial score (nSPS) is 24.8. The van der Waals surface area contributed by atoms with Crippen molar-refractivity contribution < 1.29 is 4.79 Å². The summed E-state index contributed by atoms with van der Waals surface area (Å²) < 4.78 is 0. The summed E-state index contributed by atoms with van der Waals surface area (Å²) in [5, 5.41) is 9.27. The Morgan fingerprint density at radius 1 is 1.44 bits per heavy atom. The zero-order chi connectivity index (χ0) is 11.8. The Hall–Kier alpha value is -1.04. The molecule has 0 spiro atoms. The fraction of sp³-hybridized carbons (Fsp3) is 0.846. The quantitative estimate of drug-likeness (QED) is 0.732. The van der Waals surface area contributed by atoms with Crippen LogP contribution in [0.1, 0.15) is 45.4 Å². The van der Waals surface area contributed by atoms with Gasteiger partial charge in [-0.25, -0.2) is 0 Å². The minimum atomic E-state index is -0.697. The van der Waals surface area contributed by atoms with Crippen LogP contribution in [-0.2, 0) is 4.79 Å². The Kier molecular flexibility index (Phi) is 2.92. The highest BCUT2D eigenvalue weighted by atomic mass is 16.2. The van der Waals surface area contributed by atoms with Gasteiger partial charge in [-0.15, -0.1) is 0 Å². The lowest BCUT2D eigenvalue weighted by atomic mass is 9.86. The molecule has 0 aromatic heterocycles. The highest BCUT2D eigenvalue weighted by Gasteiger charge is 2.45. The average Bonchev–Trinajstić information content (AvgIpc) is 3.04. The van der Waals surface area contributed by atoms with Gasteiger partial charge < -0.3 is 4.90 Å². The molecular formula is C13H20N2O. The zero-order valence-electron chi connectivity index (χ0n) is 10.2. The molecule has 16 heavy (non-hydrogen) atoms. The summed E-state index contributed by atoms with van der Waals surface area (Å²) in [5.41, 5.74) is -0.697. The third kappa shape index (κ3) is 1.81. The first kappa shape index (κ1) is 11.4. The number of hydrogen-bond donors (Lipinski definition) is 0. The van der Waals surface area contributed by atoms with Crippen LogP contribution in [0.3, 0.4) is 0 Å². The number of rotatable bonds is 3. The number of carbonyl (C=O) groups excluding carboxylic acids is 1. The molecule has 0 aromatic carbocycles. The highest BCUT2D eigenvalue weighted by Crippen LogP contribution is 2.41. The molecule has 2 saturated carbocycles. The molecule has 2 fully saturated rings. The molecule has 2 rings (SSSR count). The number of hydrogen-bond acceptors (Lipinski definition) is 2. The van der Waals surface area contributed by atoms with Gasteiger partial charge in [0, 0.05) is 13.1 Å². The molecular weight excluding hydrogens is 200 g/mol. The standard InChI is InChI=1S/C13H20N2O/c1-10(11-5-6-11)15(2)12(16)13(9-14)7-3-4-8-13/h10-11H,3-8H2,1-2H3. The summed E-state index contributed by atoms with van der Waals surface area (Å²) in [4.78, 5) is 14.2. The molecule has 3 heteroatoms. The summed E-state index contributed by atoms with van der Waals surface area (Å²) in [6, 6.07) is 2.59.